The van der Waals surface area contributed by atoms with E-state index in [1.54, 1.807) is 0 Å². The highest BCUT2D eigenvalue weighted by Crippen LogP contribution is 2.09. The van der Waals surface area contributed by atoms with Gasteiger partial charge in [-0.15, -0.1) is 0 Å². The Morgan fingerprint density at radius 3 is 2.46 bits per heavy atom. The Balaban J connectivity index is 2.37. The number of ketones is 1. The second kappa shape index (κ2) is 4.69. The number of nitrogens with two attached hydrogens (primary N) is 1. The van der Waals surface area contributed by atoms with Crippen molar-refractivity contribution in [1.29, 1.82) is 0 Å². The minimum Gasteiger partial charge on any atom is -0.373 e. The third-order valence-corrected chi connectivity index (χ3v) is 2.12. The normalized spacial score (nSPS) is 30.4. The fourth-order valence-corrected chi connectivity index (χ4v) is 1.73. The molecule has 1 aliphatic heterocycles. The van der Waals surface area contributed by atoms with Crippen molar-refractivity contribution in [1.82, 2.24) is 4.90 Å². The first-order chi connectivity index (χ1) is 6.11. The average molecular weight is 186 g/mol. The number of Topliss-reactive ketones (excluding diaryl/α,β-unsaturated/α-hetero) is 1. The van der Waals surface area contributed by atoms with Gasteiger partial charge in [-0.25, -0.2) is 0 Å². The molecule has 0 bridgehead atoms. The molecule has 0 unspecified atom stereocenters. The lowest BCUT2D eigenvalue weighted by atomic mass is 10.2. The summed E-state index contributed by atoms with van der Waals surface area (Å²) in [7, 11) is 0. The first-order valence-corrected chi connectivity index (χ1v) is 4.71. The van der Waals surface area contributed by atoms with Crippen LogP contribution in [-0.2, 0) is 9.53 Å². The zero-order chi connectivity index (χ0) is 9.84. The minimum atomic E-state index is 0.0984. The van der Waals surface area contributed by atoms with E-state index in [0.717, 1.165) is 13.1 Å². The molecule has 0 amide bonds. The van der Waals surface area contributed by atoms with Crippen molar-refractivity contribution in [3.05, 3.63) is 0 Å². The molecular weight excluding hydrogens is 168 g/mol. The molecule has 13 heavy (non-hydrogen) atoms. The highest BCUT2D eigenvalue weighted by Gasteiger charge is 2.22. The lowest BCUT2D eigenvalue weighted by molar-refractivity contribution is -0.122. The monoisotopic (exact) mass is 186 g/mol. The van der Waals surface area contributed by atoms with Crippen molar-refractivity contribution in [2.24, 2.45) is 5.73 Å². The lowest BCUT2D eigenvalue weighted by Crippen LogP contribution is -2.47. The summed E-state index contributed by atoms with van der Waals surface area (Å²) in [5.41, 5.74) is 5.25. The number of morpholine rings is 1. The molecule has 4 nitrogen and oxygen atoms in total. The predicted octanol–water partition coefficient (Wildman–Crippen LogP) is -0.377. The molecule has 4 heteroatoms. The molecule has 0 aromatic carbocycles. The van der Waals surface area contributed by atoms with E-state index in [1.165, 1.54) is 0 Å². The van der Waals surface area contributed by atoms with Crippen molar-refractivity contribution in [2.45, 2.75) is 26.1 Å². The van der Waals surface area contributed by atoms with Gasteiger partial charge in [-0.1, -0.05) is 0 Å². The standard InChI is InChI=1S/C9H18N2O2/c1-7-4-11(5-8(2)13-7)6-9(12)3-10/h7-8H,3-6,10H2,1-2H3/t7-,8+. The van der Waals surface area contributed by atoms with Crippen LogP contribution in [0.3, 0.4) is 0 Å². The van der Waals surface area contributed by atoms with E-state index in [2.05, 4.69) is 4.90 Å². The summed E-state index contributed by atoms with van der Waals surface area (Å²) in [5, 5.41) is 0. The van der Waals surface area contributed by atoms with Gasteiger partial charge in [0.25, 0.3) is 0 Å². The Kier molecular flexibility index (Phi) is 3.84. The molecule has 0 aromatic rings. The quantitative estimate of drug-likeness (QED) is 0.653. The number of rotatable bonds is 3. The fraction of sp³-hybridized carbons (Fsp3) is 0.889. The molecule has 1 fully saturated rings. The van der Waals surface area contributed by atoms with Gasteiger partial charge in [0.15, 0.2) is 5.78 Å². The Morgan fingerprint density at radius 2 is 2.00 bits per heavy atom. The predicted molar refractivity (Wildman–Crippen MR) is 50.5 cm³/mol. The van der Waals surface area contributed by atoms with E-state index in [4.69, 9.17) is 10.5 Å². The molecule has 0 aliphatic carbocycles. The number of carbonyl (C=O) groups is 1. The van der Waals surface area contributed by atoms with Gasteiger partial charge < -0.3 is 10.5 Å². The minimum absolute atomic E-state index is 0.0984. The zero-order valence-electron chi connectivity index (χ0n) is 8.32. The van der Waals surface area contributed by atoms with Gasteiger partial charge in [-0.05, 0) is 13.8 Å². The Bertz CT molecular complexity index is 174. The second-order valence-electron chi connectivity index (χ2n) is 3.69. The number of ether oxygens (including phenoxy) is 1. The van der Waals surface area contributed by atoms with Gasteiger partial charge in [0.05, 0.1) is 25.3 Å². The van der Waals surface area contributed by atoms with Gasteiger partial charge in [-0.2, -0.15) is 0 Å². The third kappa shape index (κ3) is 3.42. The number of hydrogen-bond acceptors (Lipinski definition) is 4. The van der Waals surface area contributed by atoms with Crippen molar-refractivity contribution >= 4 is 5.78 Å². The highest BCUT2D eigenvalue weighted by atomic mass is 16.5. The molecule has 0 aromatic heterocycles. The van der Waals surface area contributed by atoms with Crippen LogP contribution in [0.1, 0.15) is 13.8 Å². The van der Waals surface area contributed by atoms with Gasteiger partial charge in [0.1, 0.15) is 0 Å². The summed E-state index contributed by atoms with van der Waals surface area (Å²) < 4.78 is 5.55. The number of hydrogen-bond donors (Lipinski definition) is 1. The van der Waals surface area contributed by atoms with Gasteiger partial charge in [0, 0.05) is 13.1 Å². The van der Waals surface area contributed by atoms with Crippen LogP contribution in [0.4, 0.5) is 0 Å². The van der Waals surface area contributed by atoms with E-state index in [0.29, 0.717) is 6.54 Å². The molecule has 0 saturated carbocycles. The zero-order valence-corrected chi connectivity index (χ0v) is 8.32. The summed E-state index contributed by atoms with van der Waals surface area (Å²) in [6.07, 6.45) is 0.434. The Morgan fingerprint density at radius 1 is 1.46 bits per heavy atom. The van der Waals surface area contributed by atoms with Crippen LogP contribution >= 0.6 is 0 Å². The molecule has 1 aliphatic rings. The summed E-state index contributed by atoms with van der Waals surface area (Å²) >= 11 is 0. The Labute approximate surface area is 79.0 Å². The molecule has 1 rings (SSSR count). The van der Waals surface area contributed by atoms with Crippen LogP contribution < -0.4 is 5.73 Å². The van der Waals surface area contributed by atoms with Crippen molar-refractivity contribution < 1.29 is 9.53 Å². The third-order valence-electron chi connectivity index (χ3n) is 2.12. The fourth-order valence-electron chi connectivity index (χ4n) is 1.73. The van der Waals surface area contributed by atoms with Gasteiger partial charge >= 0.3 is 0 Å². The first kappa shape index (κ1) is 10.6. The molecule has 1 saturated heterocycles. The summed E-state index contributed by atoms with van der Waals surface area (Å²) in [5.74, 6) is 0.0984. The smallest absolute Gasteiger partial charge is 0.160 e. The maximum absolute atomic E-state index is 11.1. The maximum atomic E-state index is 11.1. The maximum Gasteiger partial charge on any atom is 0.160 e. The highest BCUT2D eigenvalue weighted by molar-refractivity contribution is 5.82. The summed E-state index contributed by atoms with van der Waals surface area (Å²) in [4.78, 5) is 13.2. The molecule has 1 heterocycles. The summed E-state index contributed by atoms with van der Waals surface area (Å²) in [6, 6.07) is 0. The van der Waals surface area contributed by atoms with Crippen molar-refractivity contribution in [2.75, 3.05) is 26.2 Å². The van der Waals surface area contributed by atoms with E-state index in [-0.39, 0.29) is 24.5 Å². The lowest BCUT2D eigenvalue weighted by Gasteiger charge is -2.34. The van der Waals surface area contributed by atoms with E-state index in [1.807, 2.05) is 13.8 Å². The SMILES string of the molecule is C[C@@H]1CN(CC(=O)CN)C[C@H](C)O1. The van der Waals surface area contributed by atoms with Crippen LogP contribution in [0.5, 0.6) is 0 Å². The number of carbonyl (C=O) groups excluding carboxylic acids is 1. The molecular formula is C9H18N2O2. The molecule has 2 atom stereocenters. The number of nitrogens with zero attached hydrogens (tertiary/aromatic N) is 1. The van der Waals surface area contributed by atoms with E-state index < -0.39 is 0 Å². The van der Waals surface area contributed by atoms with Crippen LogP contribution in [0.2, 0.25) is 0 Å². The Hall–Kier alpha value is -0.450. The van der Waals surface area contributed by atoms with E-state index in [9.17, 15) is 4.79 Å². The summed E-state index contributed by atoms with van der Waals surface area (Å²) in [6.45, 7) is 6.31. The topological polar surface area (TPSA) is 55.6 Å². The van der Waals surface area contributed by atoms with E-state index >= 15 is 0 Å². The van der Waals surface area contributed by atoms with Crippen molar-refractivity contribution in [3.8, 4) is 0 Å². The van der Waals surface area contributed by atoms with Crippen molar-refractivity contribution in [3.63, 3.8) is 0 Å². The first-order valence-electron chi connectivity index (χ1n) is 4.71. The molecule has 0 radical (unpaired) electrons. The van der Waals surface area contributed by atoms with Crippen LogP contribution in [0.15, 0.2) is 0 Å². The van der Waals surface area contributed by atoms with Crippen LogP contribution in [0, 0.1) is 0 Å². The van der Waals surface area contributed by atoms with Gasteiger partial charge in [-0.3, -0.25) is 9.69 Å². The largest absolute Gasteiger partial charge is 0.373 e. The molecule has 76 valence electrons. The molecule has 0 spiro atoms. The van der Waals surface area contributed by atoms with Crippen LogP contribution in [0.25, 0.3) is 0 Å². The molecule has 2 N–H and O–H groups in total. The second-order valence-corrected chi connectivity index (χ2v) is 3.69. The van der Waals surface area contributed by atoms with Gasteiger partial charge in [0.2, 0.25) is 0 Å². The van der Waals surface area contributed by atoms with Crippen LogP contribution in [-0.4, -0.2) is 49.1 Å². The average Bonchev–Trinajstić information content (AvgIpc) is 2.02.